The number of rotatable bonds is 5. The lowest BCUT2D eigenvalue weighted by molar-refractivity contribution is -0.128. The first-order chi connectivity index (χ1) is 12.7. The number of esters is 1. The van der Waals surface area contributed by atoms with Crippen molar-refractivity contribution in [3.63, 3.8) is 0 Å². The van der Waals surface area contributed by atoms with Crippen LogP contribution in [0.5, 0.6) is 0 Å². The molecule has 9 heteroatoms. The normalized spacial score (nSPS) is 11.6. The summed E-state index contributed by atoms with van der Waals surface area (Å²) >= 11 is 6.30. The number of hydrogen-bond acceptors (Lipinski definition) is 6. The molecule has 0 saturated heterocycles. The number of methoxy groups -OCH3 is 1. The molecule has 1 N–H and O–H groups in total. The number of carbonyl (C=O) groups excluding carboxylic acids is 3. The predicted molar refractivity (Wildman–Crippen MR) is 97.7 cm³/mol. The van der Waals surface area contributed by atoms with E-state index in [0.29, 0.717) is 12.2 Å². The van der Waals surface area contributed by atoms with Crippen LogP contribution < -0.4 is 5.32 Å². The maximum Gasteiger partial charge on any atom is 0.413 e. The summed E-state index contributed by atoms with van der Waals surface area (Å²) in [4.78, 5) is 35.3. The van der Waals surface area contributed by atoms with E-state index >= 15 is 0 Å². The Hall–Kier alpha value is -2.87. The van der Waals surface area contributed by atoms with Crippen molar-refractivity contribution in [3.8, 4) is 0 Å². The molecule has 1 heterocycles. The fourth-order valence-corrected chi connectivity index (χ4v) is 2.59. The standard InChI is InChI=1S/C18H20ClN3O5/c1-10-5-7-13(8-6-10)9-22-15(19)14(11(2)21-22)17(24)27-12(3)16(23)20-18(25)26-4/h5-8,12H,9H2,1-4H3,(H,20,23,25)/t12-/m1/s1. The molecule has 8 nitrogen and oxygen atoms in total. The summed E-state index contributed by atoms with van der Waals surface area (Å²) in [5.41, 5.74) is 2.54. The van der Waals surface area contributed by atoms with Gasteiger partial charge in [0.15, 0.2) is 6.10 Å². The number of nitrogens with one attached hydrogen (secondary N) is 1. The van der Waals surface area contributed by atoms with Gasteiger partial charge in [-0.15, -0.1) is 0 Å². The summed E-state index contributed by atoms with van der Waals surface area (Å²) in [6.45, 7) is 5.31. The summed E-state index contributed by atoms with van der Waals surface area (Å²) in [6, 6.07) is 7.83. The van der Waals surface area contributed by atoms with E-state index in [1.807, 2.05) is 36.5 Å². The number of ether oxygens (including phenoxy) is 2. The second-order valence-corrected chi connectivity index (χ2v) is 6.28. The minimum absolute atomic E-state index is 0.0708. The Morgan fingerprint density at radius 3 is 2.44 bits per heavy atom. The minimum atomic E-state index is -1.22. The van der Waals surface area contributed by atoms with Gasteiger partial charge in [-0.05, 0) is 26.3 Å². The van der Waals surface area contributed by atoms with Crippen LogP contribution in [0.1, 0.15) is 34.1 Å². The van der Waals surface area contributed by atoms with Crippen molar-refractivity contribution in [1.29, 1.82) is 0 Å². The van der Waals surface area contributed by atoms with Crippen LogP contribution in [0, 0.1) is 13.8 Å². The zero-order valence-corrected chi connectivity index (χ0v) is 16.2. The fourth-order valence-electron chi connectivity index (χ4n) is 2.28. The Morgan fingerprint density at radius 1 is 1.22 bits per heavy atom. The molecule has 0 bridgehead atoms. The molecule has 0 fully saturated rings. The van der Waals surface area contributed by atoms with Gasteiger partial charge >= 0.3 is 12.1 Å². The van der Waals surface area contributed by atoms with E-state index < -0.39 is 24.1 Å². The largest absolute Gasteiger partial charge is 0.453 e. The molecular formula is C18H20ClN3O5. The fraction of sp³-hybridized carbons (Fsp3) is 0.333. The molecule has 2 rings (SSSR count). The Bertz CT molecular complexity index is 861. The van der Waals surface area contributed by atoms with Gasteiger partial charge in [0, 0.05) is 0 Å². The lowest BCUT2D eigenvalue weighted by atomic mass is 10.1. The minimum Gasteiger partial charge on any atom is -0.453 e. The number of alkyl carbamates (subject to hydrolysis) is 1. The first-order valence-electron chi connectivity index (χ1n) is 8.11. The van der Waals surface area contributed by atoms with E-state index in [1.165, 1.54) is 11.6 Å². The molecule has 0 aliphatic rings. The van der Waals surface area contributed by atoms with Gasteiger partial charge < -0.3 is 9.47 Å². The van der Waals surface area contributed by atoms with E-state index in [1.54, 1.807) is 6.92 Å². The Morgan fingerprint density at radius 2 is 1.85 bits per heavy atom. The first-order valence-corrected chi connectivity index (χ1v) is 8.49. The number of nitrogens with zero attached hydrogens (tertiary/aromatic N) is 2. The molecule has 2 amide bonds. The molecule has 1 aromatic heterocycles. The summed E-state index contributed by atoms with van der Waals surface area (Å²) < 4.78 is 10.9. The summed E-state index contributed by atoms with van der Waals surface area (Å²) in [5.74, 6) is -1.61. The lowest BCUT2D eigenvalue weighted by Gasteiger charge is -2.12. The number of carbonyl (C=O) groups is 3. The molecule has 1 atom stereocenters. The van der Waals surface area contributed by atoms with Crippen LogP contribution in [0.4, 0.5) is 4.79 Å². The summed E-state index contributed by atoms with van der Waals surface area (Å²) in [7, 11) is 1.12. The third-order valence-electron chi connectivity index (χ3n) is 3.79. The molecule has 0 unspecified atom stereocenters. The number of benzene rings is 1. The topological polar surface area (TPSA) is 99.5 Å². The van der Waals surface area contributed by atoms with Gasteiger partial charge in [0.1, 0.15) is 10.7 Å². The first kappa shape index (κ1) is 20.4. The van der Waals surface area contributed by atoms with Crippen LogP contribution in [-0.2, 0) is 20.8 Å². The van der Waals surface area contributed by atoms with E-state index in [2.05, 4.69) is 9.84 Å². The van der Waals surface area contributed by atoms with Crippen molar-refractivity contribution >= 4 is 29.6 Å². The molecular weight excluding hydrogens is 374 g/mol. The van der Waals surface area contributed by atoms with Crippen molar-refractivity contribution in [2.75, 3.05) is 7.11 Å². The Balaban J connectivity index is 2.12. The molecule has 0 aliphatic carbocycles. The van der Waals surface area contributed by atoms with Gasteiger partial charge in [0.2, 0.25) is 0 Å². The van der Waals surface area contributed by atoms with E-state index in [9.17, 15) is 14.4 Å². The van der Waals surface area contributed by atoms with Crippen molar-refractivity contribution in [2.45, 2.75) is 33.4 Å². The predicted octanol–water partition coefficient (Wildman–Crippen LogP) is 2.63. The molecule has 1 aromatic carbocycles. The SMILES string of the molecule is COC(=O)NC(=O)[C@@H](C)OC(=O)c1c(C)nn(Cc2ccc(C)cc2)c1Cl. The highest BCUT2D eigenvalue weighted by atomic mass is 35.5. The summed E-state index contributed by atoms with van der Waals surface area (Å²) in [6.07, 6.45) is -2.16. The van der Waals surface area contributed by atoms with Crippen molar-refractivity contribution < 1.29 is 23.9 Å². The van der Waals surface area contributed by atoms with Crippen LogP contribution in [0.2, 0.25) is 5.15 Å². The molecule has 2 aromatic rings. The second kappa shape index (κ2) is 8.68. The van der Waals surface area contributed by atoms with Gasteiger partial charge in [-0.25, -0.2) is 14.3 Å². The quantitative estimate of drug-likeness (QED) is 0.784. The van der Waals surface area contributed by atoms with E-state index in [-0.39, 0.29) is 10.7 Å². The van der Waals surface area contributed by atoms with Crippen LogP contribution >= 0.6 is 11.6 Å². The maximum atomic E-state index is 12.4. The molecule has 0 spiro atoms. The average molecular weight is 394 g/mol. The third-order valence-corrected chi connectivity index (χ3v) is 4.17. The van der Waals surface area contributed by atoms with Crippen molar-refractivity contribution in [2.24, 2.45) is 0 Å². The van der Waals surface area contributed by atoms with Crippen molar-refractivity contribution in [3.05, 3.63) is 51.8 Å². The van der Waals surface area contributed by atoms with Gasteiger partial charge in [-0.3, -0.25) is 10.1 Å². The molecule has 0 radical (unpaired) electrons. The Labute approximate surface area is 161 Å². The van der Waals surface area contributed by atoms with Crippen LogP contribution in [0.3, 0.4) is 0 Å². The van der Waals surface area contributed by atoms with E-state index in [0.717, 1.165) is 18.2 Å². The highest BCUT2D eigenvalue weighted by Gasteiger charge is 2.26. The van der Waals surface area contributed by atoms with Gasteiger partial charge in [-0.2, -0.15) is 5.10 Å². The smallest absolute Gasteiger partial charge is 0.413 e. The van der Waals surface area contributed by atoms with Gasteiger partial charge in [0.25, 0.3) is 5.91 Å². The monoisotopic (exact) mass is 393 g/mol. The molecule has 0 aliphatic heterocycles. The van der Waals surface area contributed by atoms with Gasteiger partial charge in [0.05, 0.1) is 19.3 Å². The number of aromatic nitrogens is 2. The van der Waals surface area contributed by atoms with Crippen molar-refractivity contribution in [1.82, 2.24) is 15.1 Å². The number of imide groups is 1. The average Bonchev–Trinajstić information content (AvgIpc) is 2.90. The highest BCUT2D eigenvalue weighted by Crippen LogP contribution is 2.22. The second-order valence-electron chi connectivity index (χ2n) is 5.92. The molecule has 0 saturated carbocycles. The third kappa shape index (κ3) is 5.07. The van der Waals surface area contributed by atoms with Crippen LogP contribution in [-0.4, -0.2) is 41.0 Å². The highest BCUT2D eigenvalue weighted by molar-refractivity contribution is 6.32. The van der Waals surface area contributed by atoms with Crippen LogP contribution in [0.15, 0.2) is 24.3 Å². The molecule has 144 valence electrons. The Kier molecular flexibility index (Phi) is 6.57. The molecule has 27 heavy (non-hydrogen) atoms. The summed E-state index contributed by atoms with van der Waals surface area (Å²) in [5, 5.41) is 6.31. The van der Waals surface area contributed by atoms with E-state index in [4.69, 9.17) is 16.3 Å². The number of amides is 2. The lowest BCUT2D eigenvalue weighted by Crippen LogP contribution is -2.39. The number of aryl methyl sites for hydroxylation is 2. The number of halogens is 1. The van der Waals surface area contributed by atoms with Crippen LogP contribution in [0.25, 0.3) is 0 Å². The number of hydrogen-bond donors (Lipinski definition) is 1. The maximum absolute atomic E-state index is 12.4. The zero-order chi connectivity index (χ0) is 20.1. The zero-order valence-electron chi connectivity index (χ0n) is 15.4. The van der Waals surface area contributed by atoms with Gasteiger partial charge in [-0.1, -0.05) is 41.4 Å².